The fourth-order valence-corrected chi connectivity index (χ4v) is 1.33. The Morgan fingerprint density at radius 2 is 2.29 bits per heavy atom. The minimum absolute atomic E-state index is 0.132. The number of aryl methyl sites for hydroxylation is 1. The second kappa shape index (κ2) is 4.53. The molecule has 1 aromatic heterocycles. The molecule has 0 saturated carbocycles. The highest BCUT2D eigenvalue weighted by Gasteiger charge is 2.11. The molecule has 14 heavy (non-hydrogen) atoms. The highest BCUT2D eigenvalue weighted by atomic mass is 35.5. The van der Waals surface area contributed by atoms with Crippen molar-refractivity contribution in [2.24, 2.45) is 0 Å². The van der Waals surface area contributed by atoms with Gasteiger partial charge >= 0.3 is 5.97 Å². The van der Waals surface area contributed by atoms with E-state index in [0.29, 0.717) is 6.54 Å². The van der Waals surface area contributed by atoms with E-state index in [9.17, 15) is 4.79 Å². The van der Waals surface area contributed by atoms with Crippen molar-refractivity contribution in [1.29, 1.82) is 0 Å². The van der Waals surface area contributed by atoms with E-state index < -0.39 is 5.97 Å². The molecule has 0 unspecified atom stereocenters. The van der Waals surface area contributed by atoms with E-state index in [1.54, 1.807) is 23.8 Å². The lowest BCUT2D eigenvalue weighted by Crippen LogP contribution is -2.08. The van der Waals surface area contributed by atoms with E-state index in [1.165, 1.54) is 6.08 Å². The van der Waals surface area contributed by atoms with Crippen molar-refractivity contribution in [3.8, 4) is 0 Å². The van der Waals surface area contributed by atoms with Crippen molar-refractivity contribution in [2.45, 2.75) is 13.5 Å². The van der Waals surface area contributed by atoms with E-state index >= 15 is 0 Å². The first kappa shape index (κ1) is 11.1. The van der Waals surface area contributed by atoms with Crippen LogP contribution in [0.3, 0.4) is 0 Å². The SMILES string of the molecule is Cc1ccn(CC=C(Cl)Cl)c1C(=O)O. The van der Waals surface area contributed by atoms with Crippen LogP contribution in [0.15, 0.2) is 22.8 Å². The average Bonchev–Trinajstić information content (AvgIpc) is 2.43. The number of hydrogen-bond donors (Lipinski definition) is 1. The monoisotopic (exact) mass is 233 g/mol. The third-order valence-electron chi connectivity index (χ3n) is 1.81. The number of carboxylic acids is 1. The molecule has 5 heteroatoms. The molecule has 3 nitrogen and oxygen atoms in total. The van der Waals surface area contributed by atoms with Gasteiger partial charge in [-0.2, -0.15) is 0 Å². The topological polar surface area (TPSA) is 42.2 Å². The Morgan fingerprint density at radius 3 is 2.79 bits per heavy atom. The first-order valence-corrected chi connectivity index (χ1v) is 4.68. The molecule has 0 saturated heterocycles. The van der Waals surface area contributed by atoms with Crippen molar-refractivity contribution in [3.05, 3.63) is 34.1 Å². The second-order valence-electron chi connectivity index (χ2n) is 2.80. The van der Waals surface area contributed by atoms with Gasteiger partial charge in [0.25, 0.3) is 0 Å². The highest BCUT2D eigenvalue weighted by Crippen LogP contribution is 2.12. The molecule has 1 aromatic rings. The molecule has 1 N–H and O–H groups in total. The summed E-state index contributed by atoms with van der Waals surface area (Å²) in [6.45, 7) is 2.10. The number of halogens is 2. The maximum absolute atomic E-state index is 10.8. The summed E-state index contributed by atoms with van der Waals surface area (Å²) < 4.78 is 1.70. The van der Waals surface area contributed by atoms with Gasteiger partial charge < -0.3 is 9.67 Å². The smallest absolute Gasteiger partial charge is 0.352 e. The molecule has 0 fully saturated rings. The van der Waals surface area contributed by atoms with Gasteiger partial charge in [-0.3, -0.25) is 0 Å². The van der Waals surface area contributed by atoms with Gasteiger partial charge in [-0.15, -0.1) is 0 Å². The second-order valence-corrected chi connectivity index (χ2v) is 3.81. The van der Waals surface area contributed by atoms with Gasteiger partial charge in [-0.1, -0.05) is 23.2 Å². The molecule has 1 rings (SSSR count). The number of aromatic nitrogens is 1. The summed E-state index contributed by atoms with van der Waals surface area (Å²) in [5.74, 6) is -0.952. The molecule has 0 atom stereocenters. The molecular formula is C9H9Cl2NO2. The van der Waals surface area contributed by atoms with Gasteiger partial charge in [-0.25, -0.2) is 4.79 Å². The van der Waals surface area contributed by atoms with Crippen molar-refractivity contribution in [3.63, 3.8) is 0 Å². The minimum atomic E-state index is -0.952. The maximum atomic E-state index is 10.8. The molecule has 1 heterocycles. The van der Waals surface area contributed by atoms with Gasteiger partial charge in [0.05, 0.1) is 0 Å². The number of allylic oxidation sites excluding steroid dienone is 1. The Morgan fingerprint density at radius 1 is 1.64 bits per heavy atom. The highest BCUT2D eigenvalue weighted by molar-refractivity contribution is 6.55. The summed E-state index contributed by atoms with van der Waals surface area (Å²) in [6.07, 6.45) is 3.22. The molecule has 76 valence electrons. The predicted molar refractivity (Wildman–Crippen MR) is 55.9 cm³/mol. The van der Waals surface area contributed by atoms with Gasteiger partial charge in [0.15, 0.2) is 0 Å². The van der Waals surface area contributed by atoms with Gasteiger partial charge in [0.1, 0.15) is 10.2 Å². The zero-order chi connectivity index (χ0) is 10.7. The third kappa shape index (κ3) is 2.53. The fourth-order valence-electron chi connectivity index (χ4n) is 1.19. The van der Waals surface area contributed by atoms with Crippen molar-refractivity contribution in [1.82, 2.24) is 4.57 Å². The van der Waals surface area contributed by atoms with Crippen LogP contribution >= 0.6 is 23.2 Å². The van der Waals surface area contributed by atoms with E-state index in [0.717, 1.165) is 5.56 Å². The number of carboxylic acid groups (broad SMARTS) is 1. The quantitative estimate of drug-likeness (QED) is 0.873. The maximum Gasteiger partial charge on any atom is 0.352 e. The summed E-state index contributed by atoms with van der Waals surface area (Å²) in [7, 11) is 0. The molecule has 0 spiro atoms. The summed E-state index contributed by atoms with van der Waals surface area (Å²) in [4.78, 5) is 10.8. The molecule has 0 aliphatic heterocycles. The first-order chi connectivity index (χ1) is 6.52. The summed E-state index contributed by atoms with van der Waals surface area (Å²) in [5, 5.41) is 8.89. The molecule has 0 aliphatic rings. The van der Waals surface area contributed by atoms with Crippen molar-refractivity contribution >= 4 is 29.2 Å². The first-order valence-electron chi connectivity index (χ1n) is 3.92. The Balaban J connectivity index is 2.98. The fraction of sp³-hybridized carbons (Fsp3) is 0.222. The van der Waals surface area contributed by atoms with Crippen LogP contribution in [0, 0.1) is 6.92 Å². The van der Waals surface area contributed by atoms with Crippen LogP contribution in [-0.4, -0.2) is 15.6 Å². The van der Waals surface area contributed by atoms with Gasteiger partial charge in [0.2, 0.25) is 0 Å². The lowest BCUT2D eigenvalue weighted by Gasteiger charge is -2.02. The standard InChI is InChI=1S/C9H9Cl2NO2/c1-6-2-4-12(5-3-7(10)11)8(6)9(13)14/h2-4H,5H2,1H3,(H,13,14). The van der Waals surface area contributed by atoms with Crippen LogP contribution in [0.1, 0.15) is 16.1 Å². The Bertz CT molecular complexity index is 378. The van der Waals surface area contributed by atoms with E-state index in [4.69, 9.17) is 28.3 Å². The normalized spacial score (nSPS) is 9.93. The van der Waals surface area contributed by atoms with Gasteiger partial charge in [0, 0.05) is 12.7 Å². The summed E-state index contributed by atoms with van der Waals surface area (Å²) in [5.41, 5.74) is 0.979. The third-order valence-corrected chi connectivity index (χ3v) is 2.12. The average molecular weight is 234 g/mol. The Hall–Kier alpha value is -0.930. The predicted octanol–water partition coefficient (Wildman–Crippen LogP) is 2.81. The number of hydrogen-bond acceptors (Lipinski definition) is 1. The van der Waals surface area contributed by atoms with Crippen LogP contribution in [0.4, 0.5) is 0 Å². The van der Waals surface area contributed by atoms with Crippen molar-refractivity contribution < 1.29 is 9.90 Å². The van der Waals surface area contributed by atoms with E-state index in [-0.39, 0.29) is 10.2 Å². The molecule has 0 aliphatic carbocycles. The van der Waals surface area contributed by atoms with Crippen molar-refractivity contribution in [2.75, 3.05) is 0 Å². The largest absolute Gasteiger partial charge is 0.477 e. The van der Waals surface area contributed by atoms with Crippen LogP contribution in [0.2, 0.25) is 0 Å². The molecule has 0 bridgehead atoms. The Labute approximate surface area is 91.5 Å². The Kier molecular flexibility index (Phi) is 3.61. The van der Waals surface area contributed by atoms with E-state index in [1.807, 2.05) is 0 Å². The zero-order valence-electron chi connectivity index (χ0n) is 7.50. The summed E-state index contributed by atoms with van der Waals surface area (Å²) >= 11 is 10.9. The zero-order valence-corrected chi connectivity index (χ0v) is 9.01. The van der Waals surface area contributed by atoms with E-state index in [2.05, 4.69) is 0 Å². The molecule has 0 radical (unpaired) electrons. The van der Waals surface area contributed by atoms with Crippen LogP contribution in [0.5, 0.6) is 0 Å². The molecule has 0 amide bonds. The van der Waals surface area contributed by atoms with Gasteiger partial charge in [-0.05, 0) is 24.6 Å². The number of carbonyl (C=O) groups is 1. The number of nitrogens with zero attached hydrogens (tertiary/aromatic N) is 1. The lowest BCUT2D eigenvalue weighted by atomic mass is 10.3. The van der Waals surface area contributed by atoms with Crippen LogP contribution < -0.4 is 0 Å². The number of aromatic carboxylic acids is 1. The molecule has 0 aromatic carbocycles. The summed E-state index contributed by atoms with van der Waals surface area (Å²) in [6, 6.07) is 1.74. The lowest BCUT2D eigenvalue weighted by molar-refractivity contribution is 0.0685. The number of rotatable bonds is 3. The molecular weight excluding hydrogens is 225 g/mol. The van der Waals surface area contributed by atoms with Crippen LogP contribution in [0.25, 0.3) is 0 Å². The van der Waals surface area contributed by atoms with Crippen LogP contribution in [-0.2, 0) is 6.54 Å². The minimum Gasteiger partial charge on any atom is -0.477 e.